The van der Waals surface area contributed by atoms with Crippen molar-refractivity contribution in [2.75, 3.05) is 14.2 Å². The van der Waals surface area contributed by atoms with Crippen LogP contribution in [0.25, 0.3) is 0 Å². The van der Waals surface area contributed by atoms with Gasteiger partial charge in [-0.2, -0.15) is 0 Å². The molecular formula is C16H24O6. The number of carbonyl (C=O) groups is 3. The number of hydrogen-bond acceptors (Lipinski definition) is 6. The predicted octanol–water partition coefficient (Wildman–Crippen LogP) is 1.87. The Morgan fingerprint density at radius 3 is 2.36 bits per heavy atom. The van der Waals surface area contributed by atoms with E-state index in [1.54, 1.807) is 13.8 Å². The Balaban J connectivity index is 3.20. The summed E-state index contributed by atoms with van der Waals surface area (Å²) < 4.78 is 15.3. The van der Waals surface area contributed by atoms with E-state index in [-0.39, 0.29) is 18.0 Å². The zero-order valence-electron chi connectivity index (χ0n) is 14.0. The van der Waals surface area contributed by atoms with Crippen molar-refractivity contribution >= 4 is 17.5 Å². The first-order chi connectivity index (χ1) is 10.2. The summed E-state index contributed by atoms with van der Waals surface area (Å²) in [6, 6.07) is 0. The molecule has 1 aliphatic heterocycles. The minimum Gasteiger partial charge on any atom is -0.471 e. The molecule has 6 heteroatoms. The van der Waals surface area contributed by atoms with E-state index in [1.807, 2.05) is 0 Å². The molecule has 124 valence electrons. The molecule has 0 saturated heterocycles. The van der Waals surface area contributed by atoms with Crippen LogP contribution in [0.1, 0.15) is 34.1 Å². The van der Waals surface area contributed by atoms with E-state index in [9.17, 15) is 14.4 Å². The van der Waals surface area contributed by atoms with E-state index in [0.29, 0.717) is 5.57 Å². The molecule has 0 aromatic heterocycles. The largest absolute Gasteiger partial charge is 0.471 e. The third kappa shape index (κ3) is 3.06. The van der Waals surface area contributed by atoms with Crippen molar-refractivity contribution in [2.24, 2.45) is 17.3 Å². The molecule has 0 aliphatic carbocycles. The highest BCUT2D eigenvalue weighted by molar-refractivity contribution is 6.12. The van der Waals surface area contributed by atoms with Crippen LogP contribution in [0.3, 0.4) is 0 Å². The fourth-order valence-electron chi connectivity index (χ4n) is 2.56. The van der Waals surface area contributed by atoms with E-state index >= 15 is 0 Å². The maximum Gasteiger partial charge on any atom is 0.319 e. The van der Waals surface area contributed by atoms with Crippen LogP contribution in [-0.4, -0.2) is 38.0 Å². The summed E-state index contributed by atoms with van der Waals surface area (Å²) in [6.07, 6.45) is 0.878. The molecule has 0 N–H and O–H groups in total. The van der Waals surface area contributed by atoms with Gasteiger partial charge in [0, 0.05) is 18.6 Å². The summed E-state index contributed by atoms with van der Waals surface area (Å²) >= 11 is 0. The quantitative estimate of drug-likeness (QED) is 0.527. The van der Waals surface area contributed by atoms with E-state index in [4.69, 9.17) is 14.2 Å². The van der Waals surface area contributed by atoms with E-state index in [0.717, 1.165) is 0 Å². The number of ether oxygens (including phenoxy) is 3. The van der Waals surface area contributed by atoms with Crippen molar-refractivity contribution in [3.05, 3.63) is 11.8 Å². The van der Waals surface area contributed by atoms with Crippen molar-refractivity contribution in [2.45, 2.75) is 40.4 Å². The molecule has 0 bridgehead atoms. The normalized spacial score (nSPS) is 24.7. The Bertz CT molecular complexity index is 495. The van der Waals surface area contributed by atoms with Gasteiger partial charge in [-0.3, -0.25) is 14.4 Å². The molecule has 1 heterocycles. The number of rotatable bonds is 7. The SMILES string of the molecule is CCC(C)(C(=O)OC)C(=O)C1=CO[C@H](OC)[C@H]1C(C)C(C)=O. The lowest BCUT2D eigenvalue weighted by Crippen LogP contribution is -2.41. The first-order valence-corrected chi connectivity index (χ1v) is 7.26. The van der Waals surface area contributed by atoms with Gasteiger partial charge >= 0.3 is 5.97 Å². The van der Waals surface area contributed by atoms with Crippen LogP contribution in [0.4, 0.5) is 0 Å². The Morgan fingerprint density at radius 2 is 1.95 bits per heavy atom. The van der Waals surface area contributed by atoms with Gasteiger partial charge in [-0.1, -0.05) is 13.8 Å². The molecule has 0 amide bonds. The van der Waals surface area contributed by atoms with E-state index in [2.05, 4.69) is 0 Å². The van der Waals surface area contributed by atoms with Gasteiger partial charge in [-0.25, -0.2) is 0 Å². The molecule has 4 atom stereocenters. The highest BCUT2D eigenvalue weighted by atomic mass is 16.7. The summed E-state index contributed by atoms with van der Waals surface area (Å²) in [7, 11) is 2.70. The summed E-state index contributed by atoms with van der Waals surface area (Å²) in [5.41, 5.74) is -1.01. The van der Waals surface area contributed by atoms with Crippen LogP contribution in [0.2, 0.25) is 0 Å². The van der Waals surface area contributed by atoms with Crippen LogP contribution >= 0.6 is 0 Å². The highest BCUT2D eigenvalue weighted by Gasteiger charge is 2.49. The predicted molar refractivity (Wildman–Crippen MR) is 78.7 cm³/mol. The second kappa shape index (κ2) is 7.05. The summed E-state index contributed by atoms with van der Waals surface area (Å²) in [6.45, 7) is 6.45. The molecule has 6 nitrogen and oxygen atoms in total. The smallest absolute Gasteiger partial charge is 0.319 e. The summed E-state index contributed by atoms with van der Waals surface area (Å²) in [4.78, 5) is 36.6. The van der Waals surface area contributed by atoms with Crippen LogP contribution < -0.4 is 0 Å². The average Bonchev–Trinajstić information content (AvgIpc) is 2.94. The monoisotopic (exact) mass is 312 g/mol. The van der Waals surface area contributed by atoms with E-state index in [1.165, 1.54) is 34.3 Å². The van der Waals surface area contributed by atoms with Crippen LogP contribution in [0.5, 0.6) is 0 Å². The lowest BCUT2D eigenvalue weighted by Gasteiger charge is -2.28. The van der Waals surface area contributed by atoms with Gasteiger partial charge < -0.3 is 14.2 Å². The number of Topliss-reactive ketones (excluding diaryl/α,β-unsaturated/α-hetero) is 2. The fourth-order valence-corrected chi connectivity index (χ4v) is 2.56. The second-order valence-electron chi connectivity index (χ2n) is 5.74. The molecule has 0 spiro atoms. The maximum atomic E-state index is 12.9. The van der Waals surface area contributed by atoms with Crippen molar-refractivity contribution in [1.29, 1.82) is 0 Å². The van der Waals surface area contributed by atoms with Crippen molar-refractivity contribution < 1.29 is 28.6 Å². The first kappa shape index (κ1) is 18.4. The molecule has 0 aromatic carbocycles. The molecule has 0 radical (unpaired) electrons. The lowest BCUT2D eigenvalue weighted by molar-refractivity contribution is -0.156. The zero-order valence-corrected chi connectivity index (χ0v) is 14.0. The first-order valence-electron chi connectivity index (χ1n) is 7.26. The number of esters is 1. The highest BCUT2D eigenvalue weighted by Crippen LogP contribution is 2.39. The Morgan fingerprint density at radius 1 is 1.36 bits per heavy atom. The number of carbonyl (C=O) groups excluding carboxylic acids is 3. The lowest BCUT2D eigenvalue weighted by atomic mass is 9.74. The van der Waals surface area contributed by atoms with Crippen LogP contribution in [0, 0.1) is 17.3 Å². The second-order valence-corrected chi connectivity index (χ2v) is 5.74. The van der Waals surface area contributed by atoms with Gasteiger partial charge in [0.25, 0.3) is 0 Å². The third-order valence-corrected chi connectivity index (χ3v) is 4.50. The Labute approximate surface area is 130 Å². The van der Waals surface area contributed by atoms with Crippen molar-refractivity contribution in [3.8, 4) is 0 Å². The standard InChI is InChI=1S/C16H24O6/c1-7-16(4,15(19)21-6)13(18)11-8-22-14(20-5)12(11)9(2)10(3)17/h8-9,12,14H,7H2,1-6H3/t9?,12-,14-,16?/m0/s1. The molecule has 1 aliphatic rings. The summed E-state index contributed by atoms with van der Waals surface area (Å²) in [5, 5.41) is 0. The van der Waals surface area contributed by atoms with Gasteiger partial charge in [0.1, 0.15) is 11.2 Å². The van der Waals surface area contributed by atoms with Gasteiger partial charge in [-0.15, -0.1) is 0 Å². The Hall–Kier alpha value is -1.69. The van der Waals surface area contributed by atoms with E-state index < -0.39 is 29.5 Å². The van der Waals surface area contributed by atoms with Gasteiger partial charge in [0.2, 0.25) is 6.29 Å². The van der Waals surface area contributed by atoms with Crippen molar-refractivity contribution in [3.63, 3.8) is 0 Å². The molecule has 1 rings (SSSR count). The Kier molecular flexibility index (Phi) is 5.88. The maximum absolute atomic E-state index is 12.9. The fraction of sp³-hybridized carbons (Fsp3) is 0.688. The number of hydrogen-bond donors (Lipinski definition) is 0. The minimum atomic E-state index is -1.30. The van der Waals surface area contributed by atoms with Gasteiger partial charge in [0.05, 0.1) is 19.3 Å². The molecule has 0 fully saturated rings. The average molecular weight is 312 g/mol. The number of ketones is 2. The molecule has 0 saturated carbocycles. The third-order valence-electron chi connectivity index (χ3n) is 4.50. The number of methoxy groups -OCH3 is 2. The topological polar surface area (TPSA) is 78.9 Å². The van der Waals surface area contributed by atoms with Gasteiger partial charge in [0.15, 0.2) is 5.78 Å². The zero-order chi connectivity index (χ0) is 17.1. The molecular weight excluding hydrogens is 288 g/mol. The van der Waals surface area contributed by atoms with Crippen LogP contribution in [-0.2, 0) is 28.6 Å². The molecule has 22 heavy (non-hydrogen) atoms. The summed E-state index contributed by atoms with van der Waals surface area (Å²) in [5.74, 6) is -2.06. The van der Waals surface area contributed by atoms with Gasteiger partial charge in [-0.05, 0) is 20.3 Å². The minimum absolute atomic E-state index is 0.0764. The van der Waals surface area contributed by atoms with Crippen molar-refractivity contribution in [1.82, 2.24) is 0 Å². The van der Waals surface area contributed by atoms with Crippen LogP contribution in [0.15, 0.2) is 11.8 Å². The molecule has 2 unspecified atom stereocenters. The molecule has 0 aromatic rings.